The number of esters is 1. The lowest BCUT2D eigenvalue weighted by Gasteiger charge is -2.03. The molecule has 0 atom stereocenters. The number of halogens is 1. The van der Waals surface area contributed by atoms with Gasteiger partial charge in [0.25, 0.3) is 0 Å². The summed E-state index contributed by atoms with van der Waals surface area (Å²) < 4.78 is 4.83. The molecule has 0 unspecified atom stereocenters. The van der Waals surface area contributed by atoms with Crippen molar-refractivity contribution in [3.63, 3.8) is 0 Å². The molecule has 0 fully saturated rings. The van der Waals surface area contributed by atoms with Crippen LogP contribution in [-0.2, 0) is 16.0 Å². The molecule has 1 aromatic carbocycles. The quantitative estimate of drug-likeness (QED) is 0.564. The van der Waals surface area contributed by atoms with Crippen molar-refractivity contribution < 1.29 is 9.53 Å². The van der Waals surface area contributed by atoms with Crippen LogP contribution in [0.1, 0.15) is 5.56 Å². The number of benzene rings is 1. The van der Waals surface area contributed by atoms with Gasteiger partial charge in [-0.25, -0.2) is 4.79 Å². The predicted molar refractivity (Wildman–Crippen MR) is 56.3 cm³/mol. The van der Waals surface area contributed by atoms with E-state index >= 15 is 0 Å². The second kappa shape index (κ2) is 5.45. The molecule has 0 aliphatic rings. The van der Waals surface area contributed by atoms with E-state index in [1.165, 1.54) is 0 Å². The number of ether oxygens (including phenoxy) is 1. The highest BCUT2D eigenvalue weighted by Gasteiger charge is 2.00. The summed E-state index contributed by atoms with van der Waals surface area (Å²) in [5, 5.41) is 0.696. The summed E-state index contributed by atoms with van der Waals surface area (Å²) >= 11 is 5.91. The van der Waals surface area contributed by atoms with E-state index in [1.807, 2.05) is 24.3 Å². The van der Waals surface area contributed by atoms with Crippen molar-refractivity contribution in [1.29, 1.82) is 0 Å². The monoisotopic (exact) mass is 210 g/mol. The van der Waals surface area contributed by atoms with Crippen LogP contribution in [0.3, 0.4) is 0 Å². The number of carbonyl (C=O) groups is 1. The highest BCUT2D eigenvalue weighted by Crippen LogP contribution is 2.15. The first-order valence-electron chi connectivity index (χ1n) is 4.26. The first-order chi connectivity index (χ1) is 6.74. The van der Waals surface area contributed by atoms with Crippen molar-refractivity contribution in [1.82, 2.24) is 0 Å². The molecule has 3 heteroatoms. The van der Waals surface area contributed by atoms with E-state index in [4.69, 9.17) is 16.3 Å². The summed E-state index contributed by atoms with van der Waals surface area (Å²) in [5.41, 5.74) is 0.978. The van der Waals surface area contributed by atoms with Gasteiger partial charge in [-0.05, 0) is 11.6 Å². The van der Waals surface area contributed by atoms with Crippen LogP contribution in [0.15, 0.2) is 36.9 Å². The van der Waals surface area contributed by atoms with E-state index in [1.54, 1.807) is 0 Å². The van der Waals surface area contributed by atoms with Gasteiger partial charge in [-0.15, -0.1) is 0 Å². The Kier molecular flexibility index (Phi) is 4.20. The summed E-state index contributed by atoms with van der Waals surface area (Å²) in [5.74, 6) is -0.406. The Morgan fingerprint density at radius 3 is 2.86 bits per heavy atom. The SMILES string of the molecule is C=CC(=O)OCCc1ccccc1Cl. The van der Waals surface area contributed by atoms with Gasteiger partial charge in [0, 0.05) is 17.5 Å². The number of carbonyl (C=O) groups excluding carboxylic acids is 1. The molecule has 0 saturated heterocycles. The smallest absolute Gasteiger partial charge is 0.330 e. The van der Waals surface area contributed by atoms with E-state index in [9.17, 15) is 4.79 Å². The normalized spacial score (nSPS) is 9.50. The molecule has 0 aliphatic heterocycles. The fraction of sp³-hybridized carbons (Fsp3) is 0.182. The van der Waals surface area contributed by atoms with E-state index in [0.29, 0.717) is 18.1 Å². The lowest BCUT2D eigenvalue weighted by molar-refractivity contribution is -0.137. The molecule has 0 radical (unpaired) electrons. The van der Waals surface area contributed by atoms with Crippen LogP contribution >= 0.6 is 11.6 Å². The molecule has 0 N–H and O–H groups in total. The molecule has 0 aliphatic carbocycles. The Labute approximate surface area is 88.1 Å². The molecule has 74 valence electrons. The van der Waals surface area contributed by atoms with Crippen LogP contribution in [-0.4, -0.2) is 12.6 Å². The van der Waals surface area contributed by atoms with Crippen LogP contribution in [0, 0.1) is 0 Å². The maximum Gasteiger partial charge on any atom is 0.330 e. The Morgan fingerprint density at radius 1 is 1.50 bits per heavy atom. The molecule has 0 aromatic heterocycles. The number of rotatable bonds is 4. The fourth-order valence-electron chi connectivity index (χ4n) is 1.02. The second-order valence-corrected chi connectivity index (χ2v) is 3.12. The summed E-state index contributed by atoms with van der Waals surface area (Å²) in [6.45, 7) is 3.63. The molecule has 1 rings (SSSR count). The highest BCUT2D eigenvalue weighted by molar-refractivity contribution is 6.31. The van der Waals surface area contributed by atoms with Crippen molar-refractivity contribution in [2.45, 2.75) is 6.42 Å². The van der Waals surface area contributed by atoms with Gasteiger partial charge in [0.15, 0.2) is 0 Å². The van der Waals surface area contributed by atoms with Crippen LogP contribution in [0.5, 0.6) is 0 Å². The van der Waals surface area contributed by atoms with Crippen molar-refractivity contribution in [2.75, 3.05) is 6.61 Å². The zero-order chi connectivity index (χ0) is 10.4. The average molecular weight is 211 g/mol. The molecule has 0 spiro atoms. The lowest BCUT2D eigenvalue weighted by atomic mass is 10.2. The molecule has 1 aromatic rings. The third-order valence-corrected chi connectivity index (χ3v) is 2.11. The minimum Gasteiger partial charge on any atom is -0.462 e. The molecule has 0 amide bonds. The Bertz CT molecular complexity index is 334. The standard InChI is InChI=1S/C11H11ClO2/c1-2-11(13)14-8-7-9-5-3-4-6-10(9)12/h2-6H,1,7-8H2. The fourth-order valence-corrected chi connectivity index (χ4v) is 1.25. The first-order valence-corrected chi connectivity index (χ1v) is 4.64. The largest absolute Gasteiger partial charge is 0.462 e. The minimum absolute atomic E-state index is 0.328. The highest BCUT2D eigenvalue weighted by atomic mass is 35.5. The third-order valence-electron chi connectivity index (χ3n) is 1.74. The van der Waals surface area contributed by atoms with Crippen molar-refractivity contribution in [3.8, 4) is 0 Å². The molecule has 0 saturated carbocycles. The molecular formula is C11H11ClO2. The zero-order valence-corrected chi connectivity index (χ0v) is 8.46. The van der Waals surface area contributed by atoms with Gasteiger partial charge >= 0.3 is 5.97 Å². The third kappa shape index (κ3) is 3.23. The van der Waals surface area contributed by atoms with Gasteiger partial charge in [0.05, 0.1) is 6.61 Å². The summed E-state index contributed by atoms with van der Waals surface area (Å²) in [6.07, 6.45) is 1.77. The van der Waals surface area contributed by atoms with Crippen molar-refractivity contribution in [3.05, 3.63) is 47.5 Å². The van der Waals surface area contributed by atoms with E-state index in [0.717, 1.165) is 11.6 Å². The van der Waals surface area contributed by atoms with Gasteiger partial charge in [-0.2, -0.15) is 0 Å². The summed E-state index contributed by atoms with van der Waals surface area (Å²) in [7, 11) is 0. The minimum atomic E-state index is -0.406. The Hall–Kier alpha value is -1.28. The average Bonchev–Trinajstić information content (AvgIpc) is 2.20. The maximum atomic E-state index is 10.7. The summed E-state index contributed by atoms with van der Waals surface area (Å²) in [6, 6.07) is 7.48. The molecular weight excluding hydrogens is 200 g/mol. The van der Waals surface area contributed by atoms with Crippen molar-refractivity contribution in [2.24, 2.45) is 0 Å². The van der Waals surface area contributed by atoms with E-state index in [-0.39, 0.29) is 0 Å². The van der Waals surface area contributed by atoms with E-state index < -0.39 is 5.97 Å². The van der Waals surface area contributed by atoms with Crippen molar-refractivity contribution >= 4 is 17.6 Å². The van der Waals surface area contributed by atoms with Gasteiger partial charge < -0.3 is 4.74 Å². The Morgan fingerprint density at radius 2 is 2.21 bits per heavy atom. The summed E-state index contributed by atoms with van der Waals surface area (Å²) in [4.78, 5) is 10.7. The lowest BCUT2D eigenvalue weighted by Crippen LogP contribution is -2.04. The maximum absolute atomic E-state index is 10.7. The number of hydrogen-bond donors (Lipinski definition) is 0. The predicted octanol–water partition coefficient (Wildman–Crippen LogP) is 2.61. The van der Waals surface area contributed by atoms with Gasteiger partial charge in [-0.3, -0.25) is 0 Å². The molecule has 0 bridgehead atoms. The van der Waals surface area contributed by atoms with Gasteiger partial charge in [-0.1, -0.05) is 36.4 Å². The van der Waals surface area contributed by atoms with Crippen LogP contribution in [0.2, 0.25) is 5.02 Å². The zero-order valence-electron chi connectivity index (χ0n) is 7.70. The van der Waals surface area contributed by atoms with E-state index in [2.05, 4.69) is 6.58 Å². The Balaban J connectivity index is 2.42. The second-order valence-electron chi connectivity index (χ2n) is 2.71. The molecule has 2 nitrogen and oxygen atoms in total. The first kappa shape index (κ1) is 10.8. The van der Waals surface area contributed by atoms with Crippen LogP contribution in [0.25, 0.3) is 0 Å². The van der Waals surface area contributed by atoms with Gasteiger partial charge in [0.2, 0.25) is 0 Å². The van der Waals surface area contributed by atoms with Gasteiger partial charge in [0.1, 0.15) is 0 Å². The molecule has 0 heterocycles. The van der Waals surface area contributed by atoms with Crippen LogP contribution < -0.4 is 0 Å². The number of hydrogen-bond acceptors (Lipinski definition) is 2. The topological polar surface area (TPSA) is 26.3 Å². The van der Waals surface area contributed by atoms with Crippen LogP contribution in [0.4, 0.5) is 0 Å². The molecule has 14 heavy (non-hydrogen) atoms.